The Kier molecular flexibility index (Phi) is 3.98. The minimum atomic E-state index is -4.44. The third kappa shape index (κ3) is 4.22. The fourth-order valence-electron chi connectivity index (χ4n) is 1.08. The summed E-state index contributed by atoms with van der Waals surface area (Å²) < 4.78 is 37.1. The zero-order valence-electron chi connectivity index (χ0n) is 9.67. The smallest absolute Gasteiger partial charge is 0.396 e. The molecule has 0 fully saturated rings. The zero-order valence-corrected chi connectivity index (χ0v) is 9.67. The molecule has 0 aliphatic heterocycles. The van der Waals surface area contributed by atoms with Gasteiger partial charge in [0.15, 0.2) is 0 Å². The van der Waals surface area contributed by atoms with E-state index < -0.39 is 17.3 Å². The van der Waals surface area contributed by atoms with Crippen LogP contribution in [0.1, 0.15) is 19.5 Å². The van der Waals surface area contributed by atoms with Gasteiger partial charge in [0.1, 0.15) is 11.5 Å². The number of hydrogen-bond acceptors (Lipinski definition) is 3. The Balaban J connectivity index is 2.74. The summed E-state index contributed by atoms with van der Waals surface area (Å²) in [6, 6.07) is 3.68. The van der Waals surface area contributed by atoms with Crippen LogP contribution in [-0.4, -0.2) is 23.2 Å². The first kappa shape index (κ1) is 13.8. The lowest BCUT2D eigenvalue weighted by Gasteiger charge is -2.22. The van der Waals surface area contributed by atoms with Crippen LogP contribution >= 0.6 is 0 Å². The first-order valence-corrected chi connectivity index (χ1v) is 5.14. The second-order valence-corrected chi connectivity index (χ2v) is 4.58. The standard InChI is InChI=1S/C11H15F3N2O/c1-10(2,7-17)6-15-9-5-3-4-8(16-9)11(12,13)14/h3-5,17H,6-7H2,1-2H3,(H,15,16). The lowest BCUT2D eigenvalue weighted by Crippen LogP contribution is -2.27. The van der Waals surface area contributed by atoms with E-state index in [1.807, 2.05) is 0 Å². The van der Waals surface area contributed by atoms with Crippen LogP contribution in [0.4, 0.5) is 19.0 Å². The largest absolute Gasteiger partial charge is 0.433 e. The number of aliphatic hydroxyl groups is 1. The van der Waals surface area contributed by atoms with Crippen LogP contribution in [0.15, 0.2) is 18.2 Å². The summed E-state index contributed by atoms with van der Waals surface area (Å²) in [4.78, 5) is 3.46. The maximum absolute atomic E-state index is 12.4. The monoisotopic (exact) mass is 248 g/mol. The van der Waals surface area contributed by atoms with Gasteiger partial charge in [-0.3, -0.25) is 0 Å². The molecular formula is C11H15F3N2O. The summed E-state index contributed by atoms with van der Waals surface area (Å²) in [6.45, 7) is 3.89. The number of nitrogens with one attached hydrogen (secondary N) is 1. The summed E-state index contributed by atoms with van der Waals surface area (Å²) >= 11 is 0. The van der Waals surface area contributed by atoms with Gasteiger partial charge in [0.2, 0.25) is 0 Å². The molecule has 3 nitrogen and oxygen atoms in total. The topological polar surface area (TPSA) is 45.1 Å². The van der Waals surface area contributed by atoms with E-state index in [0.29, 0.717) is 6.54 Å². The molecule has 0 aromatic carbocycles. The quantitative estimate of drug-likeness (QED) is 0.860. The summed E-state index contributed by atoms with van der Waals surface area (Å²) in [7, 11) is 0. The van der Waals surface area contributed by atoms with Crippen molar-refractivity contribution in [2.45, 2.75) is 20.0 Å². The fraction of sp³-hybridized carbons (Fsp3) is 0.545. The minimum absolute atomic E-state index is 0.0566. The molecule has 0 saturated heterocycles. The van der Waals surface area contributed by atoms with Gasteiger partial charge in [-0.2, -0.15) is 13.2 Å². The highest BCUT2D eigenvalue weighted by Gasteiger charge is 2.32. The SMILES string of the molecule is CC(C)(CO)CNc1cccc(C(F)(F)F)n1. The van der Waals surface area contributed by atoms with E-state index in [-0.39, 0.29) is 12.4 Å². The predicted octanol–water partition coefficient (Wildman–Crippen LogP) is 2.53. The maximum Gasteiger partial charge on any atom is 0.433 e. The second-order valence-electron chi connectivity index (χ2n) is 4.58. The Morgan fingerprint density at radius 1 is 1.29 bits per heavy atom. The van der Waals surface area contributed by atoms with Gasteiger partial charge in [-0.15, -0.1) is 0 Å². The Morgan fingerprint density at radius 2 is 1.94 bits per heavy atom. The number of nitrogens with zero attached hydrogens (tertiary/aromatic N) is 1. The molecule has 1 aromatic heterocycles. The zero-order chi connectivity index (χ0) is 13.1. The van der Waals surface area contributed by atoms with Crippen LogP contribution in [-0.2, 0) is 6.18 Å². The van der Waals surface area contributed by atoms with Crippen molar-refractivity contribution in [3.8, 4) is 0 Å². The summed E-state index contributed by atoms with van der Waals surface area (Å²) in [5, 5.41) is 11.8. The van der Waals surface area contributed by atoms with Gasteiger partial charge in [-0.05, 0) is 12.1 Å². The molecule has 96 valence electrons. The van der Waals surface area contributed by atoms with Crippen molar-refractivity contribution in [2.24, 2.45) is 5.41 Å². The van der Waals surface area contributed by atoms with Crippen molar-refractivity contribution in [3.63, 3.8) is 0 Å². The van der Waals surface area contributed by atoms with Gasteiger partial charge in [0.05, 0.1) is 0 Å². The molecule has 0 aliphatic rings. The van der Waals surface area contributed by atoms with Crippen molar-refractivity contribution in [3.05, 3.63) is 23.9 Å². The van der Waals surface area contributed by atoms with Crippen LogP contribution in [0.5, 0.6) is 0 Å². The van der Waals surface area contributed by atoms with Gasteiger partial charge in [-0.1, -0.05) is 19.9 Å². The minimum Gasteiger partial charge on any atom is -0.396 e. The van der Waals surface area contributed by atoms with E-state index in [4.69, 9.17) is 5.11 Å². The molecule has 0 aliphatic carbocycles. The highest BCUT2D eigenvalue weighted by molar-refractivity contribution is 5.36. The molecule has 6 heteroatoms. The Labute approximate surface area is 97.7 Å². The van der Waals surface area contributed by atoms with Crippen LogP contribution in [0.3, 0.4) is 0 Å². The van der Waals surface area contributed by atoms with Gasteiger partial charge >= 0.3 is 6.18 Å². The highest BCUT2D eigenvalue weighted by Crippen LogP contribution is 2.28. The highest BCUT2D eigenvalue weighted by atomic mass is 19.4. The van der Waals surface area contributed by atoms with Gasteiger partial charge in [-0.25, -0.2) is 4.98 Å². The van der Waals surface area contributed by atoms with Crippen molar-refractivity contribution >= 4 is 5.82 Å². The van der Waals surface area contributed by atoms with E-state index in [9.17, 15) is 13.2 Å². The predicted molar refractivity (Wildman–Crippen MR) is 58.6 cm³/mol. The van der Waals surface area contributed by atoms with E-state index >= 15 is 0 Å². The van der Waals surface area contributed by atoms with E-state index in [1.165, 1.54) is 12.1 Å². The lowest BCUT2D eigenvalue weighted by molar-refractivity contribution is -0.141. The summed E-state index contributed by atoms with van der Waals surface area (Å²) in [6.07, 6.45) is -4.44. The van der Waals surface area contributed by atoms with Crippen molar-refractivity contribution < 1.29 is 18.3 Å². The normalized spacial score (nSPS) is 12.6. The van der Waals surface area contributed by atoms with Crippen molar-refractivity contribution in [1.82, 2.24) is 4.98 Å². The number of aromatic nitrogens is 1. The Bertz CT molecular complexity index is 377. The lowest BCUT2D eigenvalue weighted by atomic mass is 9.95. The van der Waals surface area contributed by atoms with Gasteiger partial charge in [0, 0.05) is 18.6 Å². The van der Waals surface area contributed by atoms with Gasteiger partial charge in [0.25, 0.3) is 0 Å². The first-order valence-electron chi connectivity index (χ1n) is 5.14. The third-order valence-corrected chi connectivity index (χ3v) is 2.22. The summed E-state index contributed by atoms with van der Waals surface area (Å²) in [5.74, 6) is 0.154. The molecule has 0 saturated carbocycles. The van der Waals surface area contributed by atoms with Crippen LogP contribution in [0.25, 0.3) is 0 Å². The number of rotatable bonds is 4. The molecular weight excluding hydrogens is 233 g/mol. The molecule has 0 radical (unpaired) electrons. The number of hydrogen-bond donors (Lipinski definition) is 2. The molecule has 1 rings (SSSR count). The molecule has 0 spiro atoms. The van der Waals surface area contributed by atoms with Crippen LogP contribution in [0, 0.1) is 5.41 Å². The number of aliphatic hydroxyl groups excluding tert-OH is 1. The Morgan fingerprint density at radius 3 is 2.47 bits per heavy atom. The van der Waals surface area contributed by atoms with E-state index in [0.717, 1.165) is 6.07 Å². The fourth-order valence-corrected chi connectivity index (χ4v) is 1.08. The molecule has 0 bridgehead atoms. The molecule has 1 aromatic rings. The van der Waals surface area contributed by atoms with Crippen LogP contribution < -0.4 is 5.32 Å². The van der Waals surface area contributed by atoms with E-state index in [2.05, 4.69) is 10.3 Å². The molecule has 2 N–H and O–H groups in total. The molecule has 0 amide bonds. The molecule has 0 unspecified atom stereocenters. The number of pyridine rings is 1. The average molecular weight is 248 g/mol. The molecule has 1 heterocycles. The second kappa shape index (κ2) is 4.91. The van der Waals surface area contributed by atoms with Crippen LogP contribution in [0.2, 0.25) is 0 Å². The van der Waals surface area contributed by atoms with Gasteiger partial charge < -0.3 is 10.4 Å². The third-order valence-electron chi connectivity index (χ3n) is 2.22. The number of alkyl halides is 3. The summed E-state index contributed by atoms with van der Waals surface area (Å²) in [5.41, 5.74) is -1.33. The van der Waals surface area contributed by atoms with Crippen molar-refractivity contribution in [2.75, 3.05) is 18.5 Å². The van der Waals surface area contributed by atoms with E-state index in [1.54, 1.807) is 13.8 Å². The first-order chi connectivity index (χ1) is 7.74. The number of anilines is 1. The number of halogens is 3. The van der Waals surface area contributed by atoms with Crippen molar-refractivity contribution in [1.29, 1.82) is 0 Å². The molecule has 0 atom stereocenters. The average Bonchev–Trinajstić information content (AvgIpc) is 2.26. The maximum atomic E-state index is 12.4. The molecule has 17 heavy (non-hydrogen) atoms. The Hall–Kier alpha value is -1.30.